The molecule has 2 amide bonds. The Morgan fingerprint density at radius 3 is 2.32 bits per heavy atom. The van der Waals surface area contributed by atoms with E-state index in [0.29, 0.717) is 38.2 Å². The summed E-state index contributed by atoms with van der Waals surface area (Å²) in [5.41, 5.74) is 1.69. The van der Waals surface area contributed by atoms with Gasteiger partial charge >= 0.3 is 0 Å². The van der Waals surface area contributed by atoms with Crippen molar-refractivity contribution >= 4 is 23.6 Å². The molecule has 0 spiro atoms. The third-order valence-corrected chi connectivity index (χ3v) is 5.09. The van der Waals surface area contributed by atoms with Crippen molar-refractivity contribution in [3.63, 3.8) is 0 Å². The van der Waals surface area contributed by atoms with Crippen LogP contribution >= 0.6 is 0 Å². The van der Waals surface area contributed by atoms with E-state index in [1.165, 1.54) is 12.1 Å². The summed E-state index contributed by atoms with van der Waals surface area (Å²) >= 11 is 0. The molecule has 5 heteroatoms. The SMILES string of the molecule is CCN(C(=O)C1CCN(C(=O)C=Cc2ccccc2)CC1)c1ccc(F)cc1. The van der Waals surface area contributed by atoms with Crippen LogP contribution in [0.2, 0.25) is 0 Å². The highest BCUT2D eigenvalue weighted by Gasteiger charge is 2.29. The van der Waals surface area contributed by atoms with E-state index < -0.39 is 0 Å². The Hall–Kier alpha value is -2.95. The molecule has 146 valence electrons. The molecule has 0 bridgehead atoms. The summed E-state index contributed by atoms with van der Waals surface area (Å²) in [6.45, 7) is 3.57. The van der Waals surface area contributed by atoms with Gasteiger partial charge in [-0.15, -0.1) is 0 Å². The number of hydrogen-bond donors (Lipinski definition) is 0. The van der Waals surface area contributed by atoms with Gasteiger partial charge in [0.25, 0.3) is 0 Å². The Morgan fingerprint density at radius 2 is 1.71 bits per heavy atom. The summed E-state index contributed by atoms with van der Waals surface area (Å²) in [6.07, 6.45) is 4.68. The summed E-state index contributed by atoms with van der Waals surface area (Å²) in [6, 6.07) is 15.7. The van der Waals surface area contributed by atoms with Crippen LogP contribution in [-0.2, 0) is 9.59 Å². The number of carbonyl (C=O) groups is 2. The maximum atomic E-state index is 13.2. The monoisotopic (exact) mass is 380 g/mol. The average molecular weight is 380 g/mol. The Balaban J connectivity index is 1.56. The predicted octanol–water partition coefficient (Wildman–Crippen LogP) is 4.13. The lowest BCUT2D eigenvalue weighted by Gasteiger charge is -2.33. The van der Waals surface area contributed by atoms with Gasteiger partial charge in [-0.05, 0) is 55.7 Å². The van der Waals surface area contributed by atoms with Crippen LogP contribution in [0.15, 0.2) is 60.7 Å². The standard InChI is InChI=1S/C23H25FN2O2/c1-2-26(21-11-9-20(24)10-12-21)23(28)19-14-16-25(17-15-19)22(27)13-8-18-6-4-3-5-7-18/h3-13,19H,2,14-17H2,1H3. The maximum Gasteiger partial charge on any atom is 0.246 e. The van der Waals surface area contributed by atoms with E-state index in [2.05, 4.69) is 0 Å². The number of anilines is 1. The fraction of sp³-hybridized carbons (Fsp3) is 0.304. The van der Waals surface area contributed by atoms with E-state index in [9.17, 15) is 14.0 Å². The molecule has 2 aromatic rings. The maximum absolute atomic E-state index is 13.2. The average Bonchev–Trinajstić information content (AvgIpc) is 2.74. The molecule has 3 rings (SSSR count). The first-order valence-electron chi connectivity index (χ1n) is 9.67. The predicted molar refractivity (Wildman–Crippen MR) is 109 cm³/mol. The van der Waals surface area contributed by atoms with Gasteiger partial charge in [0.05, 0.1) is 0 Å². The van der Waals surface area contributed by atoms with Gasteiger partial charge in [-0.3, -0.25) is 9.59 Å². The molecule has 1 fully saturated rings. The van der Waals surface area contributed by atoms with E-state index in [0.717, 1.165) is 5.56 Å². The van der Waals surface area contributed by atoms with Crippen molar-refractivity contribution in [1.82, 2.24) is 4.90 Å². The van der Waals surface area contributed by atoms with E-state index in [1.807, 2.05) is 43.3 Å². The molecule has 0 radical (unpaired) electrons. The smallest absolute Gasteiger partial charge is 0.246 e. The number of amides is 2. The number of likely N-dealkylation sites (tertiary alicyclic amines) is 1. The van der Waals surface area contributed by atoms with E-state index in [4.69, 9.17) is 0 Å². The van der Waals surface area contributed by atoms with Crippen LogP contribution in [0, 0.1) is 11.7 Å². The van der Waals surface area contributed by atoms with E-state index in [1.54, 1.807) is 28.0 Å². The first kappa shape index (κ1) is 19.8. The zero-order chi connectivity index (χ0) is 19.9. The van der Waals surface area contributed by atoms with Crippen molar-refractivity contribution < 1.29 is 14.0 Å². The van der Waals surface area contributed by atoms with Gasteiger partial charge in [0.15, 0.2) is 0 Å². The Kier molecular flexibility index (Phi) is 6.58. The topological polar surface area (TPSA) is 40.6 Å². The van der Waals surface area contributed by atoms with Crippen molar-refractivity contribution in [3.8, 4) is 0 Å². The van der Waals surface area contributed by atoms with Gasteiger partial charge in [0, 0.05) is 37.3 Å². The number of halogens is 1. The van der Waals surface area contributed by atoms with Crippen LogP contribution in [0.25, 0.3) is 6.08 Å². The fourth-order valence-electron chi connectivity index (χ4n) is 3.49. The zero-order valence-electron chi connectivity index (χ0n) is 16.1. The molecule has 2 aromatic carbocycles. The summed E-state index contributed by atoms with van der Waals surface area (Å²) in [5.74, 6) is -0.420. The molecule has 0 N–H and O–H groups in total. The Labute approximate surface area is 165 Å². The Bertz CT molecular complexity index is 825. The van der Waals surface area contributed by atoms with Crippen LogP contribution in [0.5, 0.6) is 0 Å². The third kappa shape index (κ3) is 4.85. The molecule has 28 heavy (non-hydrogen) atoms. The molecule has 0 saturated carbocycles. The fourth-order valence-corrected chi connectivity index (χ4v) is 3.49. The highest BCUT2D eigenvalue weighted by molar-refractivity contribution is 5.95. The van der Waals surface area contributed by atoms with Gasteiger partial charge in [-0.2, -0.15) is 0 Å². The minimum Gasteiger partial charge on any atom is -0.339 e. The number of rotatable bonds is 5. The zero-order valence-corrected chi connectivity index (χ0v) is 16.1. The molecule has 4 nitrogen and oxygen atoms in total. The van der Waals surface area contributed by atoms with Crippen LogP contribution in [-0.4, -0.2) is 36.3 Å². The number of piperidine rings is 1. The molecule has 0 aromatic heterocycles. The van der Waals surface area contributed by atoms with Gasteiger partial charge < -0.3 is 9.80 Å². The largest absolute Gasteiger partial charge is 0.339 e. The first-order valence-corrected chi connectivity index (χ1v) is 9.67. The lowest BCUT2D eigenvalue weighted by Crippen LogP contribution is -2.44. The second kappa shape index (κ2) is 9.31. The summed E-state index contributed by atoms with van der Waals surface area (Å²) in [7, 11) is 0. The molecular weight excluding hydrogens is 355 g/mol. The normalized spacial score (nSPS) is 15.0. The van der Waals surface area contributed by atoms with Gasteiger partial charge in [-0.25, -0.2) is 4.39 Å². The molecule has 1 heterocycles. The molecular formula is C23H25FN2O2. The van der Waals surface area contributed by atoms with E-state index in [-0.39, 0.29) is 23.5 Å². The summed E-state index contributed by atoms with van der Waals surface area (Å²) < 4.78 is 13.2. The van der Waals surface area contributed by atoms with Gasteiger partial charge in [0.2, 0.25) is 11.8 Å². The van der Waals surface area contributed by atoms with Crippen molar-refractivity contribution in [1.29, 1.82) is 0 Å². The molecule has 0 atom stereocenters. The summed E-state index contributed by atoms with van der Waals surface area (Å²) in [4.78, 5) is 28.8. The molecule has 1 aliphatic heterocycles. The van der Waals surface area contributed by atoms with Crippen molar-refractivity contribution in [2.24, 2.45) is 5.92 Å². The Morgan fingerprint density at radius 1 is 1.07 bits per heavy atom. The second-order valence-electron chi connectivity index (χ2n) is 6.90. The lowest BCUT2D eigenvalue weighted by atomic mass is 9.95. The van der Waals surface area contributed by atoms with Gasteiger partial charge in [-0.1, -0.05) is 30.3 Å². The van der Waals surface area contributed by atoms with Crippen LogP contribution in [0.1, 0.15) is 25.3 Å². The minimum absolute atomic E-state index is 0.0272. The molecule has 1 saturated heterocycles. The lowest BCUT2D eigenvalue weighted by molar-refractivity contribution is -0.130. The van der Waals surface area contributed by atoms with E-state index >= 15 is 0 Å². The highest BCUT2D eigenvalue weighted by Crippen LogP contribution is 2.24. The molecule has 0 aliphatic carbocycles. The molecule has 0 unspecified atom stereocenters. The van der Waals surface area contributed by atoms with Crippen molar-refractivity contribution in [2.45, 2.75) is 19.8 Å². The van der Waals surface area contributed by atoms with Crippen LogP contribution < -0.4 is 4.90 Å². The quantitative estimate of drug-likeness (QED) is 0.732. The number of carbonyl (C=O) groups excluding carboxylic acids is 2. The van der Waals surface area contributed by atoms with Crippen LogP contribution in [0.4, 0.5) is 10.1 Å². The van der Waals surface area contributed by atoms with Crippen molar-refractivity contribution in [2.75, 3.05) is 24.5 Å². The summed E-state index contributed by atoms with van der Waals surface area (Å²) in [5, 5.41) is 0. The highest BCUT2D eigenvalue weighted by atomic mass is 19.1. The number of benzene rings is 2. The number of nitrogens with zero attached hydrogens (tertiary/aromatic N) is 2. The second-order valence-corrected chi connectivity index (χ2v) is 6.90. The third-order valence-electron chi connectivity index (χ3n) is 5.09. The first-order chi connectivity index (χ1) is 13.6. The van der Waals surface area contributed by atoms with Gasteiger partial charge in [0.1, 0.15) is 5.82 Å². The molecule has 1 aliphatic rings. The number of hydrogen-bond acceptors (Lipinski definition) is 2. The minimum atomic E-state index is -0.317. The van der Waals surface area contributed by atoms with Crippen LogP contribution in [0.3, 0.4) is 0 Å². The van der Waals surface area contributed by atoms with Crippen molar-refractivity contribution in [3.05, 3.63) is 72.1 Å².